The molecule has 6 aromatic rings. The molecule has 10 heteroatoms. The zero-order chi connectivity index (χ0) is 38.3. The van der Waals surface area contributed by atoms with Crippen LogP contribution in [0.25, 0.3) is 16.8 Å². The van der Waals surface area contributed by atoms with E-state index in [-0.39, 0.29) is 29.7 Å². The first kappa shape index (κ1) is 34.7. The van der Waals surface area contributed by atoms with Crippen LogP contribution in [0.15, 0.2) is 139 Å². The van der Waals surface area contributed by atoms with Gasteiger partial charge < -0.3 is 9.64 Å². The molecule has 0 unspecified atom stereocenters. The van der Waals surface area contributed by atoms with Crippen molar-refractivity contribution in [2.24, 2.45) is 0 Å². The number of benzene rings is 6. The van der Waals surface area contributed by atoms with Gasteiger partial charge in [-0.2, -0.15) is 0 Å². The van der Waals surface area contributed by atoms with Crippen LogP contribution < -0.4 is 19.9 Å². The first-order chi connectivity index (χ1) is 27.3. The van der Waals surface area contributed by atoms with Gasteiger partial charge >= 0.3 is 6.03 Å². The number of nitro benzene ring substituents is 1. The number of non-ortho nitro benzene ring substituents is 1. The van der Waals surface area contributed by atoms with Crippen LogP contribution in [-0.4, -0.2) is 35.9 Å². The summed E-state index contributed by atoms with van der Waals surface area (Å²) in [5.41, 5.74) is 6.92. The van der Waals surface area contributed by atoms with Crippen LogP contribution in [0.4, 0.5) is 21.9 Å². The second-order valence-corrected chi connectivity index (χ2v) is 14.3. The van der Waals surface area contributed by atoms with E-state index in [1.165, 1.54) is 18.2 Å². The molecule has 9 rings (SSSR count). The normalized spacial score (nSPS) is 18.5. The lowest BCUT2D eigenvalue weighted by molar-refractivity contribution is -0.384. The van der Waals surface area contributed by atoms with E-state index >= 15 is 0 Å². The van der Waals surface area contributed by atoms with E-state index in [2.05, 4.69) is 34.5 Å². The summed E-state index contributed by atoms with van der Waals surface area (Å²) < 4.78 is 6.25. The van der Waals surface area contributed by atoms with E-state index in [4.69, 9.17) is 4.74 Å². The summed E-state index contributed by atoms with van der Waals surface area (Å²) >= 11 is 0. The van der Waals surface area contributed by atoms with Crippen LogP contribution in [0.3, 0.4) is 0 Å². The van der Waals surface area contributed by atoms with Gasteiger partial charge in [0.2, 0.25) is 0 Å². The molecule has 276 valence electrons. The van der Waals surface area contributed by atoms with Crippen molar-refractivity contribution in [3.05, 3.63) is 183 Å². The fourth-order valence-corrected chi connectivity index (χ4v) is 8.43. The lowest BCUT2D eigenvalue weighted by atomic mass is 9.76. The third-order valence-electron chi connectivity index (χ3n) is 11.1. The van der Waals surface area contributed by atoms with Gasteiger partial charge in [0.15, 0.2) is 0 Å². The van der Waals surface area contributed by atoms with Crippen molar-refractivity contribution in [1.82, 2.24) is 5.32 Å². The Labute approximate surface area is 322 Å². The predicted molar refractivity (Wildman–Crippen MR) is 215 cm³/mol. The number of urea groups is 1. The summed E-state index contributed by atoms with van der Waals surface area (Å²) in [6.45, 7) is 1.87. The summed E-state index contributed by atoms with van der Waals surface area (Å²) in [6.07, 6.45) is 3.25. The van der Waals surface area contributed by atoms with Crippen LogP contribution >= 0.6 is 0 Å². The molecule has 3 aliphatic heterocycles. The first-order valence-electron chi connectivity index (χ1n) is 18.7. The number of anilines is 2. The molecule has 3 aliphatic rings. The topological polar surface area (TPSA) is 122 Å². The molecule has 0 bridgehead atoms. The molecule has 0 saturated carbocycles. The summed E-state index contributed by atoms with van der Waals surface area (Å²) in [5, 5.41) is 15.2. The molecule has 2 atom stereocenters. The minimum absolute atomic E-state index is 0.0301. The fraction of sp³-hybridized carbons (Fsp3) is 0.152. The number of carbonyl (C=O) groups excluding carboxylic acids is 3. The number of nitrogens with zero attached hydrogens (tertiary/aromatic N) is 3. The number of hydrogen-bond donors (Lipinski definition) is 1. The summed E-state index contributed by atoms with van der Waals surface area (Å²) in [6, 6.07) is 41.0. The number of ether oxygens (including phenoxy) is 1. The predicted octanol–water partition coefficient (Wildman–Crippen LogP) is 8.87. The minimum atomic E-state index is -0.812. The van der Waals surface area contributed by atoms with Crippen molar-refractivity contribution in [3.8, 4) is 5.75 Å². The van der Waals surface area contributed by atoms with Crippen molar-refractivity contribution < 1.29 is 24.0 Å². The van der Waals surface area contributed by atoms with Gasteiger partial charge in [0.1, 0.15) is 17.9 Å². The molecular weight excluding hydrogens is 705 g/mol. The number of nitrogens with one attached hydrogen (secondary N) is 1. The molecule has 0 radical (unpaired) electrons. The highest BCUT2D eigenvalue weighted by atomic mass is 16.6. The Bertz CT molecular complexity index is 2500. The van der Waals surface area contributed by atoms with Gasteiger partial charge in [-0.05, 0) is 87.8 Å². The number of rotatable bonds is 8. The molecule has 0 aromatic heterocycles. The maximum absolute atomic E-state index is 14.7. The van der Waals surface area contributed by atoms with E-state index in [1.807, 2.05) is 78.9 Å². The van der Waals surface area contributed by atoms with E-state index in [0.29, 0.717) is 22.6 Å². The number of imide groups is 2. The maximum atomic E-state index is 14.7. The summed E-state index contributed by atoms with van der Waals surface area (Å²) in [4.78, 5) is 56.4. The molecule has 1 saturated heterocycles. The van der Waals surface area contributed by atoms with Crippen LogP contribution in [0.5, 0.6) is 5.75 Å². The van der Waals surface area contributed by atoms with Gasteiger partial charge in [0, 0.05) is 48.3 Å². The van der Waals surface area contributed by atoms with Gasteiger partial charge in [-0.1, -0.05) is 91.0 Å². The van der Waals surface area contributed by atoms with E-state index in [1.54, 1.807) is 18.2 Å². The lowest BCUT2D eigenvalue weighted by Gasteiger charge is -2.44. The molecule has 1 fully saturated rings. The summed E-state index contributed by atoms with van der Waals surface area (Å²) in [7, 11) is 0. The fourth-order valence-electron chi connectivity index (χ4n) is 8.43. The van der Waals surface area contributed by atoms with E-state index < -0.39 is 22.8 Å². The largest absolute Gasteiger partial charge is 0.488 e. The molecule has 0 spiro atoms. The monoisotopic (exact) mass is 740 g/mol. The average molecular weight is 741 g/mol. The average Bonchev–Trinajstić information content (AvgIpc) is 3.22. The van der Waals surface area contributed by atoms with Crippen LogP contribution in [-0.2, 0) is 16.2 Å². The smallest absolute Gasteiger partial charge is 0.335 e. The van der Waals surface area contributed by atoms with Crippen LogP contribution in [0.1, 0.15) is 58.1 Å². The molecule has 56 heavy (non-hydrogen) atoms. The van der Waals surface area contributed by atoms with E-state index in [9.17, 15) is 24.5 Å². The molecule has 6 aromatic carbocycles. The zero-order valence-corrected chi connectivity index (χ0v) is 30.3. The van der Waals surface area contributed by atoms with Gasteiger partial charge in [-0.25, -0.2) is 9.69 Å². The Morgan fingerprint density at radius 2 is 1.36 bits per heavy atom. The number of hydrogen-bond acceptors (Lipinski definition) is 7. The highest BCUT2D eigenvalue weighted by molar-refractivity contribution is 6.39. The van der Waals surface area contributed by atoms with Crippen molar-refractivity contribution in [2.75, 3.05) is 22.9 Å². The molecule has 10 nitrogen and oxygen atoms in total. The van der Waals surface area contributed by atoms with E-state index in [0.717, 1.165) is 69.5 Å². The van der Waals surface area contributed by atoms with Crippen LogP contribution in [0.2, 0.25) is 0 Å². The van der Waals surface area contributed by atoms with Gasteiger partial charge in [0.25, 0.3) is 17.5 Å². The minimum Gasteiger partial charge on any atom is -0.488 e. The molecular formula is C46H36N4O6. The van der Waals surface area contributed by atoms with Crippen molar-refractivity contribution in [3.63, 3.8) is 0 Å². The number of nitro groups is 1. The maximum Gasteiger partial charge on any atom is 0.335 e. The Morgan fingerprint density at radius 1 is 0.750 bits per heavy atom. The zero-order valence-electron chi connectivity index (χ0n) is 30.3. The van der Waals surface area contributed by atoms with Crippen LogP contribution in [0, 0.1) is 10.1 Å². The number of amides is 4. The SMILES string of the molecule is O=C1NC(=O)N(c2cc3c4c(c2)[C@@H](c2ccccc2)CCN4CC[C@@H]3c2ccccc2)C(=O)/C1=C/c1c(OCc2ccc([N+](=O)[O-])cc2)ccc2ccccc12. The second kappa shape index (κ2) is 14.3. The van der Waals surface area contributed by atoms with Crippen molar-refractivity contribution in [2.45, 2.75) is 31.3 Å². The second-order valence-electron chi connectivity index (χ2n) is 14.3. The molecule has 4 amide bonds. The lowest BCUT2D eigenvalue weighted by Crippen LogP contribution is -2.54. The first-order valence-corrected chi connectivity index (χ1v) is 18.7. The Balaban J connectivity index is 1.15. The Morgan fingerprint density at radius 3 is 1.98 bits per heavy atom. The quantitative estimate of drug-likeness (QED) is 0.0716. The van der Waals surface area contributed by atoms with Gasteiger partial charge in [0.05, 0.1) is 10.6 Å². The number of barbiturate groups is 1. The molecule has 3 heterocycles. The number of fused-ring (bicyclic) bond motifs is 1. The third-order valence-corrected chi connectivity index (χ3v) is 11.1. The number of carbonyl (C=O) groups is 3. The van der Waals surface area contributed by atoms with Crippen molar-refractivity contribution in [1.29, 1.82) is 0 Å². The highest BCUT2D eigenvalue weighted by Gasteiger charge is 2.41. The van der Waals surface area contributed by atoms with Crippen molar-refractivity contribution >= 4 is 51.8 Å². The highest BCUT2D eigenvalue weighted by Crippen LogP contribution is 2.50. The Kier molecular flexibility index (Phi) is 8.85. The molecule has 0 aliphatic carbocycles. The Hall–Kier alpha value is -7.07. The third kappa shape index (κ3) is 6.24. The van der Waals surface area contributed by atoms with Gasteiger partial charge in [-0.3, -0.25) is 25.0 Å². The van der Waals surface area contributed by atoms with Gasteiger partial charge in [-0.15, -0.1) is 0 Å². The summed E-state index contributed by atoms with van der Waals surface area (Å²) in [5.74, 6) is -1.06. The standard InChI is InChI=1S/C46H36N4O6/c51-44-41(27-38-35-14-8-7-13-32(35)17-20-42(38)56-28-29-15-18-33(19-16-29)50(54)55)45(52)49(46(53)47-44)34-25-39-36(30-9-3-1-4-10-30)21-23-48-24-22-37(40(26-34)43(39)48)31-11-5-2-6-12-31/h1-20,25-27,36-37H,21-24,28H2,(H,47,51,53)/b41-27+/t36-,37-/m1/s1. The molecule has 1 N–H and O–H groups in total.